The van der Waals surface area contributed by atoms with Gasteiger partial charge in [-0.2, -0.15) is 0 Å². The van der Waals surface area contributed by atoms with Gasteiger partial charge in [0.25, 0.3) is 0 Å². The van der Waals surface area contributed by atoms with Gasteiger partial charge < -0.3 is 26.0 Å². The number of hydrogen-bond donors (Lipinski definition) is 4. The Hall–Kier alpha value is -1.26. The molecule has 4 N–H and O–H groups in total. The van der Waals surface area contributed by atoms with E-state index in [9.17, 15) is 9.59 Å². The summed E-state index contributed by atoms with van der Waals surface area (Å²) in [6.07, 6.45) is 0.860. The molecule has 0 unspecified atom stereocenters. The summed E-state index contributed by atoms with van der Waals surface area (Å²) in [5.74, 6) is 0.598. The van der Waals surface area contributed by atoms with E-state index in [1.54, 1.807) is 7.05 Å². The van der Waals surface area contributed by atoms with Crippen LogP contribution in [0.2, 0.25) is 0 Å². The van der Waals surface area contributed by atoms with Crippen molar-refractivity contribution in [2.75, 3.05) is 33.2 Å². The number of carbonyl (C=O) groups excluding carboxylic acids is 2. The van der Waals surface area contributed by atoms with Gasteiger partial charge in [0.15, 0.2) is 5.96 Å². The summed E-state index contributed by atoms with van der Waals surface area (Å²) in [5, 5.41) is 11.5. The van der Waals surface area contributed by atoms with Gasteiger partial charge in [-0.05, 0) is 27.2 Å². The van der Waals surface area contributed by atoms with E-state index in [0.29, 0.717) is 38.6 Å². The van der Waals surface area contributed by atoms with Crippen LogP contribution in [0.4, 0.5) is 4.79 Å². The Morgan fingerprint density at radius 2 is 1.54 bits per heavy atom. The average molecular weight is 457 g/mol. The second-order valence-corrected chi connectivity index (χ2v) is 5.95. The molecule has 0 aliphatic heterocycles. The topological polar surface area (TPSA) is 104 Å². The van der Waals surface area contributed by atoms with Gasteiger partial charge in [-0.3, -0.25) is 9.79 Å². The molecule has 0 aromatic carbocycles. The lowest BCUT2D eigenvalue weighted by Gasteiger charge is -2.19. The molecule has 0 bridgehead atoms. The number of rotatable bonds is 8. The number of nitrogens with zero attached hydrogens (tertiary/aromatic N) is 1. The van der Waals surface area contributed by atoms with E-state index in [1.165, 1.54) is 0 Å². The van der Waals surface area contributed by atoms with Gasteiger partial charge in [-0.25, -0.2) is 4.79 Å². The zero-order valence-electron chi connectivity index (χ0n) is 15.3. The van der Waals surface area contributed by atoms with Gasteiger partial charge >= 0.3 is 6.09 Å². The first-order valence-corrected chi connectivity index (χ1v) is 7.96. The summed E-state index contributed by atoms with van der Waals surface area (Å²) in [4.78, 5) is 26.9. The molecule has 0 rings (SSSR count). The quantitative estimate of drug-likeness (QED) is 0.190. The van der Waals surface area contributed by atoms with E-state index >= 15 is 0 Å². The highest BCUT2D eigenvalue weighted by molar-refractivity contribution is 14.0. The Morgan fingerprint density at radius 1 is 0.958 bits per heavy atom. The molecule has 9 heteroatoms. The molecule has 0 fully saturated rings. The van der Waals surface area contributed by atoms with Crippen molar-refractivity contribution in [3.8, 4) is 0 Å². The maximum Gasteiger partial charge on any atom is 0.407 e. The number of halogens is 1. The van der Waals surface area contributed by atoms with Crippen LogP contribution in [0.1, 0.15) is 40.5 Å². The Kier molecular flexibility index (Phi) is 14.7. The minimum absolute atomic E-state index is 0. The highest BCUT2D eigenvalue weighted by atomic mass is 127. The minimum atomic E-state index is -0.506. The van der Waals surface area contributed by atoms with Crippen molar-refractivity contribution in [1.29, 1.82) is 0 Å². The molecule has 0 spiro atoms. The number of carbonyl (C=O) groups is 2. The van der Waals surface area contributed by atoms with Crippen molar-refractivity contribution >= 4 is 41.9 Å². The molecule has 0 saturated heterocycles. The van der Waals surface area contributed by atoms with Crippen LogP contribution in [0.3, 0.4) is 0 Å². The van der Waals surface area contributed by atoms with Crippen molar-refractivity contribution in [2.24, 2.45) is 4.99 Å². The first kappa shape index (κ1) is 25.0. The van der Waals surface area contributed by atoms with Crippen LogP contribution < -0.4 is 21.3 Å². The number of amides is 2. The summed E-state index contributed by atoms with van der Waals surface area (Å²) >= 11 is 0. The number of hydrogen-bond acceptors (Lipinski definition) is 4. The smallest absolute Gasteiger partial charge is 0.407 e. The summed E-state index contributed by atoms with van der Waals surface area (Å²) in [7, 11) is 1.65. The van der Waals surface area contributed by atoms with Crippen LogP contribution in [0.15, 0.2) is 4.99 Å². The third-order valence-corrected chi connectivity index (χ3v) is 2.53. The average Bonchev–Trinajstić information content (AvgIpc) is 2.45. The first-order chi connectivity index (χ1) is 10.8. The Labute approximate surface area is 162 Å². The van der Waals surface area contributed by atoms with E-state index in [-0.39, 0.29) is 29.9 Å². The summed E-state index contributed by atoms with van der Waals surface area (Å²) in [5.41, 5.74) is -0.506. The van der Waals surface area contributed by atoms with Gasteiger partial charge in [0.1, 0.15) is 5.60 Å². The number of ether oxygens (including phenoxy) is 1. The van der Waals surface area contributed by atoms with Gasteiger partial charge in [0.2, 0.25) is 5.91 Å². The van der Waals surface area contributed by atoms with Gasteiger partial charge in [0.05, 0.1) is 0 Å². The van der Waals surface area contributed by atoms with Crippen LogP contribution in [0, 0.1) is 0 Å². The predicted molar refractivity (Wildman–Crippen MR) is 107 cm³/mol. The third kappa shape index (κ3) is 15.6. The maximum atomic E-state index is 11.5. The lowest BCUT2D eigenvalue weighted by molar-refractivity contribution is -0.120. The van der Waals surface area contributed by atoms with E-state index in [0.717, 1.165) is 6.42 Å². The van der Waals surface area contributed by atoms with Crippen LogP contribution in [0.25, 0.3) is 0 Å². The second kappa shape index (κ2) is 14.1. The molecule has 0 radical (unpaired) electrons. The Morgan fingerprint density at radius 3 is 2.08 bits per heavy atom. The molecule has 0 atom stereocenters. The predicted octanol–water partition coefficient (Wildman–Crippen LogP) is 1.21. The molecule has 0 aliphatic rings. The van der Waals surface area contributed by atoms with Crippen molar-refractivity contribution in [2.45, 2.75) is 46.1 Å². The van der Waals surface area contributed by atoms with Crippen molar-refractivity contribution < 1.29 is 14.3 Å². The number of nitrogens with one attached hydrogen (secondary N) is 4. The zero-order valence-corrected chi connectivity index (χ0v) is 17.7. The summed E-state index contributed by atoms with van der Waals surface area (Å²) < 4.78 is 5.13. The summed E-state index contributed by atoms with van der Waals surface area (Å²) in [6, 6.07) is 0. The Bertz CT molecular complexity index is 397. The fourth-order valence-electron chi connectivity index (χ4n) is 1.53. The Balaban J connectivity index is 0. The van der Waals surface area contributed by atoms with Crippen molar-refractivity contribution in [3.63, 3.8) is 0 Å². The molecule has 142 valence electrons. The molecular weight excluding hydrogens is 425 g/mol. The highest BCUT2D eigenvalue weighted by Crippen LogP contribution is 2.05. The molecule has 0 aliphatic carbocycles. The lowest BCUT2D eigenvalue weighted by Crippen LogP contribution is -2.43. The minimum Gasteiger partial charge on any atom is -0.444 e. The van der Waals surface area contributed by atoms with E-state index in [1.807, 2.05) is 27.7 Å². The van der Waals surface area contributed by atoms with Crippen molar-refractivity contribution in [1.82, 2.24) is 21.3 Å². The maximum absolute atomic E-state index is 11.5. The zero-order chi connectivity index (χ0) is 17.7. The van der Waals surface area contributed by atoms with E-state index in [4.69, 9.17) is 4.74 Å². The normalized spacial score (nSPS) is 11.1. The molecule has 0 heterocycles. The van der Waals surface area contributed by atoms with E-state index < -0.39 is 11.7 Å². The van der Waals surface area contributed by atoms with Crippen LogP contribution >= 0.6 is 24.0 Å². The molecule has 24 heavy (non-hydrogen) atoms. The van der Waals surface area contributed by atoms with Gasteiger partial charge in [-0.1, -0.05) is 6.92 Å². The fraction of sp³-hybridized carbons (Fsp3) is 0.800. The number of alkyl carbamates (subject to hydrolysis) is 1. The lowest BCUT2D eigenvalue weighted by atomic mass is 10.2. The largest absolute Gasteiger partial charge is 0.444 e. The molecule has 8 nitrogen and oxygen atoms in total. The van der Waals surface area contributed by atoms with Gasteiger partial charge in [-0.15, -0.1) is 24.0 Å². The monoisotopic (exact) mass is 457 g/mol. The molecule has 0 saturated carbocycles. The molecule has 2 amide bonds. The summed E-state index contributed by atoms with van der Waals surface area (Å²) in [6.45, 7) is 9.55. The second-order valence-electron chi connectivity index (χ2n) is 5.95. The molecule has 0 aromatic rings. The molecular formula is C15H32IN5O3. The first-order valence-electron chi connectivity index (χ1n) is 7.96. The number of guanidine groups is 1. The van der Waals surface area contributed by atoms with Crippen LogP contribution in [-0.4, -0.2) is 56.8 Å². The van der Waals surface area contributed by atoms with Crippen molar-refractivity contribution in [3.05, 3.63) is 0 Å². The highest BCUT2D eigenvalue weighted by Gasteiger charge is 2.15. The fourth-order valence-corrected chi connectivity index (χ4v) is 1.53. The van der Waals surface area contributed by atoms with Crippen LogP contribution in [-0.2, 0) is 9.53 Å². The molecule has 0 aromatic heterocycles. The van der Waals surface area contributed by atoms with Crippen LogP contribution in [0.5, 0.6) is 0 Å². The third-order valence-electron chi connectivity index (χ3n) is 2.53. The standard InChI is InChI=1S/C15H31N5O3.HI/c1-6-8-17-12(21)7-9-18-13(16-5)19-10-11-20-14(22)23-15(2,3)4;/h6-11H2,1-5H3,(H,17,21)(H,20,22)(H2,16,18,19);1H. The SMILES string of the molecule is CCCNC(=O)CCNC(=NC)NCCNC(=O)OC(C)(C)C.I. The van der Waals surface area contributed by atoms with E-state index in [2.05, 4.69) is 26.3 Å². The van der Waals surface area contributed by atoms with Gasteiger partial charge in [0, 0.05) is 39.6 Å². The number of aliphatic imine (C=N–C) groups is 1.